The van der Waals surface area contributed by atoms with Crippen LogP contribution < -0.4 is 15.0 Å². The van der Waals surface area contributed by atoms with Crippen molar-refractivity contribution in [1.29, 1.82) is 0 Å². The van der Waals surface area contributed by atoms with Crippen LogP contribution in [-0.4, -0.2) is 48.5 Å². The lowest BCUT2D eigenvalue weighted by molar-refractivity contribution is -0.384. The van der Waals surface area contributed by atoms with E-state index in [9.17, 15) is 24.5 Å². The minimum absolute atomic E-state index is 0.0792. The number of non-ortho nitro benzene ring substituents is 1. The Morgan fingerprint density at radius 2 is 2.07 bits per heavy atom. The Morgan fingerprint density at radius 1 is 1.37 bits per heavy atom. The number of fused-ring (bicyclic) bond motifs is 1. The average Bonchev–Trinajstić information content (AvgIpc) is 2.61. The van der Waals surface area contributed by atoms with Crippen molar-refractivity contribution in [2.45, 2.75) is 26.8 Å². The highest BCUT2D eigenvalue weighted by molar-refractivity contribution is 6.01. The topological polar surface area (TPSA) is 128 Å². The fraction of sp³-hybridized carbons (Fsp3) is 0.471. The van der Waals surface area contributed by atoms with E-state index in [0.29, 0.717) is 0 Å². The molecule has 1 aliphatic rings. The lowest BCUT2D eigenvalue weighted by atomic mass is 10.1. The summed E-state index contributed by atoms with van der Waals surface area (Å²) >= 11 is 0. The van der Waals surface area contributed by atoms with Gasteiger partial charge >= 0.3 is 5.97 Å². The summed E-state index contributed by atoms with van der Waals surface area (Å²) in [5, 5.41) is 13.6. The van der Waals surface area contributed by atoms with E-state index in [1.54, 1.807) is 0 Å². The molecule has 1 aromatic carbocycles. The summed E-state index contributed by atoms with van der Waals surface area (Å²) in [6, 6.07) is 3.67. The zero-order valence-electron chi connectivity index (χ0n) is 15.3. The SMILES string of the molecule is CC(C)[C@@H](C)NC(=O)COC(=O)CN1C(=O)COc2ccc([N+](=O)[O-])cc21. The smallest absolute Gasteiger partial charge is 0.326 e. The summed E-state index contributed by atoms with van der Waals surface area (Å²) in [4.78, 5) is 47.3. The minimum Gasteiger partial charge on any atom is -0.482 e. The predicted molar refractivity (Wildman–Crippen MR) is 94.3 cm³/mol. The van der Waals surface area contributed by atoms with Crippen LogP contribution in [0, 0.1) is 16.0 Å². The van der Waals surface area contributed by atoms with Gasteiger partial charge in [0.05, 0.1) is 10.6 Å². The van der Waals surface area contributed by atoms with Gasteiger partial charge in [0.25, 0.3) is 17.5 Å². The fourth-order valence-corrected chi connectivity index (χ4v) is 2.26. The Hall–Kier alpha value is -3.17. The van der Waals surface area contributed by atoms with Gasteiger partial charge in [-0.1, -0.05) is 13.8 Å². The number of carbonyl (C=O) groups is 3. The van der Waals surface area contributed by atoms with Crippen molar-refractivity contribution in [2.24, 2.45) is 5.92 Å². The molecule has 0 radical (unpaired) electrons. The van der Waals surface area contributed by atoms with E-state index in [4.69, 9.17) is 9.47 Å². The first-order chi connectivity index (χ1) is 12.7. The number of nitrogens with one attached hydrogen (secondary N) is 1. The second-order valence-corrected chi connectivity index (χ2v) is 6.44. The molecule has 0 aliphatic carbocycles. The molecule has 0 unspecified atom stereocenters. The van der Waals surface area contributed by atoms with E-state index in [2.05, 4.69) is 5.32 Å². The third-order valence-corrected chi connectivity index (χ3v) is 4.14. The van der Waals surface area contributed by atoms with Crippen LogP contribution in [0.4, 0.5) is 11.4 Å². The van der Waals surface area contributed by atoms with E-state index < -0.39 is 35.9 Å². The van der Waals surface area contributed by atoms with Gasteiger partial charge in [-0.2, -0.15) is 0 Å². The highest BCUT2D eigenvalue weighted by Gasteiger charge is 2.29. The monoisotopic (exact) mass is 379 g/mol. The molecular weight excluding hydrogens is 358 g/mol. The number of benzene rings is 1. The number of hydrogen-bond acceptors (Lipinski definition) is 7. The van der Waals surface area contributed by atoms with E-state index in [1.165, 1.54) is 12.1 Å². The van der Waals surface area contributed by atoms with Crippen LogP contribution >= 0.6 is 0 Å². The molecule has 0 saturated heterocycles. The third-order valence-electron chi connectivity index (χ3n) is 4.14. The maximum Gasteiger partial charge on any atom is 0.326 e. The number of rotatable bonds is 7. The van der Waals surface area contributed by atoms with Crippen molar-refractivity contribution in [3.05, 3.63) is 28.3 Å². The molecule has 1 aromatic rings. The number of esters is 1. The number of carbonyl (C=O) groups excluding carboxylic acids is 3. The molecule has 10 heteroatoms. The Kier molecular flexibility index (Phi) is 6.32. The largest absolute Gasteiger partial charge is 0.482 e. The summed E-state index contributed by atoms with van der Waals surface area (Å²) in [6.45, 7) is 4.46. The van der Waals surface area contributed by atoms with E-state index in [0.717, 1.165) is 11.0 Å². The summed E-state index contributed by atoms with van der Waals surface area (Å²) in [7, 11) is 0. The van der Waals surface area contributed by atoms with E-state index in [-0.39, 0.29) is 35.7 Å². The standard InChI is InChI=1S/C17H21N3O7/c1-10(2)11(3)18-15(21)8-27-17(23)7-19-13-6-12(20(24)25)4-5-14(13)26-9-16(19)22/h4-6,10-11H,7-9H2,1-3H3,(H,18,21)/t11-/m1/s1. The van der Waals surface area contributed by atoms with Gasteiger partial charge in [0.2, 0.25) is 0 Å². The molecule has 0 aromatic heterocycles. The van der Waals surface area contributed by atoms with Gasteiger partial charge in [0.1, 0.15) is 12.3 Å². The number of nitro groups is 1. The van der Waals surface area contributed by atoms with Crippen molar-refractivity contribution in [3.63, 3.8) is 0 Å². The minimum atomic E-state index is -0.810. The van der Waals surface area contributed by atoms with Crippen LogP contribution in [0.25, 0.3) is 0 Å². The summed E-state index contributed by atoms with van der Waals surface area (Å²) in [5.74, 6) is -1.33. The first-order valence-corrected chi connectivity index (χ1v) is 8.35. The van der Waals surface area contributed by atoms with Crippen molar-refractivity contribution in [2.75, 3.05) is 24.7 Å². The lowest BCUT2D eigenvalue weighted by Crippen LogP contribution is -2.43. The Balaban J connectivity index is 2.01. The van der Waals surface area contributed by atoms with Crippen molar-refractivity contribution in [3.8, 4) is 5.75 Å². The van der Waals surface area contributed by atoms with E-state index >= 15 is 0 Å². The highest BCUT2D eigenvalue weighted by atomic mass is 16.6. The van der Waals surface area contributed by atoms with Gasteiger partial charge < -0.3 is 14.8 Å². The summed E-state index contributed by atoms with van der Waals surface area (Å²) in [5.41, 5.74) is -0.136. The number of nitrogens with zero attached hydrogens (tertiary/aromatic N) is 2. The molecular formula is C17H21N3O7. The molecule has 1 aliphatic heterocycles. The molecule has 146 valence electrons. The van der Waals surface area contributed by atoms with Crippen molar-refractivity contribution < 1.29 is 28.8 Å². The molecule has 0 bridgehead atoms. The Bertz CT molecular complexity index is 763. The molecule has 0 fully saturated rings. The number of hydrogen-bond donors (Lipinski definition) is 1. The Morgan fingerprint density at radius 3 is 2.70 bits per heavy atom. The molecule has 1 N–H and O–H groups in total. The second-order valence-electron chi connectivity index (χ2n) is 6.44. The van der Waals surface area contributed by atoms with Crippen LogP contribution in [0.3, 0.4) is 0 Å². The molecule has 0 saturated carbocycles. The second kappa shape index (κ2) is 8.47. The third kappa shape index (κ3) is 5.16. The van der Waals surface area contributed by atoms with Gasteiger partial charge in [-0.3, -0.25) is 29.4 Å². The van der Waals surface area contributed by atoms with Crippen LogP contribution in [0.2, 0.25) is 0 Å². The van der Waals surface area contributed by atoms with Gasteiger partial charge in [-0.15, -0.1) is 0 Å². The normalized spacial score (nSPS) is 14.2. The van der Waals surface area contributed by atoms with Crippen molar-refractivity contribution in [1.82, 2.24) is 5.32 Å². The number of ether oxygens (including phenoxy) is 2. The van der Waals surface area contributed by atoms with Crippen LogP contribution in [0.1, 0.15) is 20.8 Å². The zero-order chi connectivity index (χ0) is 20.1. The predicted octanol–water partition coefficient (Wildman–Crippen LogP) is 1.02. The van der Waals surface area contributed by atoms with Crippen LogP contribution in [0.15, 0.2) is 18.2 Å². The molecule has 10 nitrogen and oxygen atoms in total. The van der Waals surface area contributed by atoms with Crippen molar-refractivity contribution >= 4 is 29.2 Å². The number of nitro benzene ring substituents is 1. The maximum absolute atomic E-state index is 12.1. The fourth-order valence-electron chi connectivity index (χ4n) is 2.26. The highest BCUT2D eigenvalue weighted by Crippen LogP contribution is 2.35. The average molecular weight is 379 g/mol. The molecule has 2 amide bonds. The van der Waals surface area contributed by atoms with Gasteiger partial charge in [-0.05, 0) is 18.9 Å². The van der Waals surface area contributed by atoms with Gasteiger partial charge in [0.15, 0.2) is 13.2 Å². The van der Waals surface area contributed by atoms with Crippen LogP contribution in [0.5, 0.6) is 5.75 Å². The summed E-state index contributed by atoms with van der Waals surface area (Å²) < 4.78 is 10.1. The quantitative estimate of drug-likeness (QED) is 0.425. The number of anilines is 1. The molecule has 27 heavy (non-hydrogen) atoms. The zero-order valence-corrected chi connectivity index (χ0v) is 15.3. The Labute approximate surface area is 155 Å². The molecule has 0 spiro atoms. The first-order valence-electron chi connectivity index (χ1n) is 8.35. The van der Waals surface area contributed by atoms with Gasteiger partial charge in [0, 0.05) is 18.2 Å². The van der Waals surface area contributed by atoms with E-state index in [1.807, 2.05) is 20.8 Å². The van der Waals surface area contributed by atoms with Gasteiger partial charge in [-0.25, -0.2) is 0 Å². The summed E-state index contributed by atoms with van der Waals surface area (Å²) in [6.07, 6.45) is 0. The molecule has 2 rings (SSSR count). The maximum atomic E-state index is 12.1. The first kappa shape index (κ1) is 20.1. The number of amides is 2. The lowest BCUT2D eigenvalue weighted by Gasteiger charge is -2.28. The van der Waals surface area contributed by atoms with Crippen LogP contribution in [-0.2, 0) is 19.1 Å². The molecule has 1 heterocycles. The molecule has 1 atom stereocenters.